The normalized spacial score (nSPS) is 15.8. The van der Waals surface area contributed by atoms with Crippen LogP contribution in [0.1, 0.15) is 18.7 Å². The number of piperazine rings is 1. The van der Waals surface area contributed by atoms with E-state index in [9.17, 15) is 30.7 Å². The molecule has 0 amide bonds. The number of nitrogens with zero attached hydrogens (tertiary/aromatic N) is 7. The minimum Gasteiger partial charge on any atom is -0.475 e. The second-order valence-corrected chi connectivity index (χ2v) is 10.2. The van der Waals surface area contributed by atoms with Crippen LogP contribution in [-0.2, 0) is 11.0 Å². The van der Waals surface area contributed by atoms with Gasteiger partial charge in [0.2, 0.25) is 5.95 Å². The number of carboxylic acid groups (broad SMARTS) is 1. The number of carboxylic acids is 1. The van der Waals surface area contributed by atoms with Gasteiger partial charge in [0, 0.05) is 55.4 Å². The quantitative estimate of drug-likeness (QED) is 0.263. The highest BCUT2D eigenvalue weighted by Crippen LogP contribution is 2.31. The number of alkyl halides is 6. The van der Waals surface area contributed by atoms with Crippen LogP contribution in [-0.4, -0.2) is 79.1 Å². The summed E-state index contributed by atoms with van der Waals surface area (Å²) in [6.45, 7) is 3.69. The Labute approximate surface area is 251 Å². The molecule has 0 unspecified atom stereocenters. The van der Waals surface area contributed by atoms with Crippen molar-refractivity contribution in [3.05, 3.63) is 72.7 Å². The van der Waals surface area contributed by atoms with Gasteiger partial charge in [-0.2, -0.15) is 26.3 Å². The van der Waals surface area contributed by atoms with Gasteiger partial charge in [0.05, 0.1) is 11.4 Å². The summed E-state index contributed by atoms with van der Waals surface area (Å²) in [4.78, 5) is 25.7. The summed E-state index contributed by atoms with van der Waals surface area (Å²) >= 11 is 0. The molecule has 1 aliphatic carbocycles. The first-order valence-corrected chi connectivity index (χ1v) is 13.6. The Hall–Kier alpha value is -4.80. The van der Waals surface area contributed by atoms with Gasteiger partial charge in [-0.25, -0.2) is 28.8 Å². The summed E-state index contributed by atoms with van der Waals surface area (Å²) in [7, 11) is 0. The van der Waals surface area contributed by atoms with Crippen molar-refractivity contribution in [3.63, 3.8) is 0 Å². The average molecular weight is 639 g/mol. The van der Waals surface area contributed by atoms with Gasteiger partial charge in [-0.3, -0.25) is 4.90 Å². The molecule has 4 aromatic rings. The van der Waals surface area contributed by atoms with Gasteiger partial charge in [0.1, 0.15) is 12.1 Å². The van der Waals surface area contributed by atoms with Crippen molar-refractivity contribution < 1.29 is 40.6 Å². The van der Waals surface area contributed by atoms with Crippen molar-refractivity contribution in [2.24, 2.45) is 0 Å². The highest BCUT2D eigenvalue weighted by atomic mass is 19.4. The summed E-state index contributed by atoms with van der Waals surface area (Å²) in [5, 5.41) is 13.7. The van der Waals surface area contributed by atoms with Crippen molar-refractivity contribution in [3.8, 4) is 16.9 Å². The molecule has 2 aromatic carbocycles. The number of aliphatic carboxylic acids is 1. The molecule has 45 heavy (non-hydrogen) atoms. The van der Waals surface area contributed by atoms with E-state index >= 15 is 0 Å². The third kappa shape index (κ3) is 8.23. The molecule has 1 saturated heterocycles. The topological polar surface area (TPSA) is 112 Å². The largest absolute Gasteiger partial charge is 0.490 e. The lowest BCUT2D eigenvalue weighted by atomic mass is 10.1. The third-order valence-electron chi connectivity index (χ3n) is 6.95. The number of hydrogen-bond donors (Lipinski definition) is 2. The molecule has 0 atom stereocenters. The zero-order valence-electron chi connectivity index (χ0n) is 23.2. The average Bonchev–Trinajstić information content (AvgIpc) is 3.72. The molecule has 2 fully saturated rings. The van der Waals surface area contributed by atoms with Crippen LogP contribution in [0.2, 0.25) is 0 Å². The van der Waals surface area contributed by atoms with Crippen LogP contribution in [0.3, 0.4) is 0 Å². The van der Waals surface area contributed by atoms with E-state index in [4.69, 9.17) is 9.90 Å². The van der Waals surface area contributed by atoms with Crippen LogP contribution < -0.4 is 10.2 Å². The van der Waals surface area contributed by atoms with E-state index in [0.29, 0.717) is 28.6 Å². The van der Waals surface area contributed by atoms with E-state index < -0.39 is 24.1 Å². The molecule has 1 saturated carbocycles. The lowest BCUT2D eigenvalue weighted by molar-refractivity contribution is -0.192. The lowest BCUT2D eigenvalue weighted by Crippen LogP contribution is -2.47. The molecule has 2 aliphatic rings. The van der Waals surface area contributed by atoms with E-state index in [1.54, 1.807) is 42.6 Å². The first-order chi connectivity index (χ1) is 21.3. The van der Waals surface area contributed by atoms with E-state index in [2.05, 4.69) is 35.2 Å². The summed E-state index contributed by atoms with van der Waals surface area (Å²) < 4.78 is 85.7. The number of rotatable bonds is 6. The maximum absolute atomic E-state index is 14.6. The fourth-order valence-electron chi connectivity index (χ4n) is 4.61. The Morgan fingerprint density at radius 2 is 1.56 bits per heavy atom. The van der Waals surface area contributed by atoms with E-state index in [1.807, 2.05) is 6.07 Å². The zero-order valence-corrected chi connectivity index (χ0v) is 23.2. The maximum atomic E-state index is 14.6. The van der Waals surface area contributed by atoms with Crippen molar-refractivity contribution in [1.82, 2.24) is 29.6 Å². The SMILES string of the molecule is Fc1cc(-c2ccnc(Nc3ccc(-n4cnc(C(F)(F)F)n4)cc3)n2)cc(N2CCN(C3CC3)CC2)c1.O=C(O)C(F)(F)F. The fraction of sp³-hybridized carbons (Fsp3) is 0.321. The van der Waals surface area contributed by atoms with E-state index in [1.165, 1.54) is 18.9 Å². The molecule has 0 spiro atoms. The van der Waals surface area contributed by atoms with Crippen molar-refractivity contribution >= 4 is 23.3 Å². The Morgan fingerprint density at radius 1 is 0.889 bits per heavy atom. The summed E-state index contributed by atoms with van der Waals surface area (Å²) in [6.07, 6.45) is -4.53. The van der Waals surface area contributed by atoms with Crippen molar-refractivity contribution in [1.29, 1.82) is 0 Å². The number of anilines is 3. The lowest BCUT2D eigenvalue weighted by Gasteiger charge is -2.36. The zero-order chi connectivity index (χ0) is 32.4. The van der Waals surface area contributed by atoms with Gasteiger partial charge in [0.25, 0.3) is 5.82 Å². The number of aromatic nitrogens is 5. The Bertz CT molecular complexity index is 1630. The van der Waals surface area contributed by atoms with Gasteiger partial charge in [-0.05, 0) is 61.4 Å². The highest BCUT2D eigenvalue weighted by molar-refractivity contribution is 5.73. The van der Waals surface area contributed by atoms with Gasteiger partial charge in [-0.1, -0.05) is 0 Å². The van der Waals surface area contributed by atoms with Crippen LogP contribution in [0.15, 0.2) is 61.1 Å². The van der Waals surface area contributed by atoms with Crippen LogP contribution in [0.5, 0.6) is 0 Å². The second-order valence-electron chi connectivity index (χ2n) is 10.2. The third-order valence-corrected chi connectivity index (χ3v) is 6.95. The Kier molecular flexibility index (Phi) is 8.90. The molecule has 2 aromatic heterocycles. The van der Waals surface area contributed by atoms with Gasteiger partial charge >= 0.3 is 18.3 Å². The smallest absolute Gasteiger partial charge is 0.475 e. The molecule has 0 radical (unpaired) electrons. The number of halogens is 7. The number of hydrogen-bond acceptors (Lipinski definition) is 8. The van der Waals surface area contributed by atoms with Crippen molar-refractivity contribution in [2.75, 3.05) is 36.4 Å². The minimum absolute atomic E-state index is 0.305. The molecule has 0 bridgehead atoms. The molecule has 10 nitrogen and oxygen atoms in total. The number of benzene rings is 2. The molecule has 3 heterocycles. The second kappa shape index (κ2) is 12.7. The molecular formula is C28H25F7N8O2. The van der Waals surface area contributed by atoms with Gasteiger partial charge in [-0.15, -0.1) is 5.10 Å². The Balaban J connectivity index is 0.000000515. The molecule has 17 heteroatoms. The fourth-order valence-corrected chi connectivity index (χ4v) is 4.61. The van der Waals surface area contributed by atoms with Crippen LogP contribution in [0, 0.1) is 5.82 Å². The predicted molar refractivity (Wildman–Crippen MR) is 148 cm³/mol. The standard InChI is InChI=1S/C26H24F4N8.C2HF3O2/c27-18-13-17(14-22(15-18)37-11-9-36(10-12-37)20-5-6-20)23-7-8-31-25(34-23)33-19-1-3-21(4-2-19)38-16-32-24(35-38)26(28,29)30;3-2(4,5)1(6)7/h1-4,7-8,13-16,20H,5-6,9-12H2,(H,31,33,34);(H,6,7). The number of carbonyl (C=O) groups is 1. The first kappa shape index (κ1) is 31.6. The van der Waals surface area contributed by atoms with Crippen LogP contribution >= 0.6 is 0 Å². The monoisotopic (exact) mass is 638 g/mol. The molecule has 238 valence electrons. The van der Waals surface area contributed by atoms with Gasteiger partial charge < -0.3 is 15.3 Å². The molecule has 2 N–H and O–H groups in total. The Morgan fingerprint density at radius 3 is 2.13 bits per heavy atom. The highest BCUT2D eigenvalue weighted by Gasteiger charge is 2.38. The molecule has 6 rings (SSSR count). The van der Waals surface area contributed by atoms with E-state index in [0.717, 1.165) is 48.9 Å². The van der Waals surface area contributed by atoms with E-state index in [-0.39, 0.29) is 5.82 Å². The predicted octanol–water partition coefficient (Wildman–Crippen LogP) is 5.54. The maximum Gasteiger partial charge on any atom is 0.490 e. The van der Waals surface area contributed by atoms with Crippen LogP contribution in [0.25, 0.3) is 16.9 Å². The summed E-state index contributed by atoms with van der Waals surface area (Å²) in [5.41, 5.74) is 3.09. The minimum atomic E-state index is -5.08. The van der Waals surface area contributed by atoms with Gasteiger partial charge in [0.15, 0.2) is 0 Å². The summed E-state index contributed by atoms with van der Waals surface area (Å²) in [5.74, 6) is -3.98. The number of nitrogens with one attached hydrogen (secondary N) is 1. The summed E-state index contributed by atoms with van der Waals surface area (Å²) in [6, 6.07) is 14.0. The van der Waals surface area contributed by atoms with Crippen LogP contribution in [0.4, 0.5) is 48.1 Å². The molecule has 1 aliphatic heterocycles. The first-order valence-electron chi connectivity index (χ1n) is 13.6. The van der Waals surface area contributed by atoms with Crippen molar-refractivity contribution in [2.45, 2.75) is 31.2 Å². The molecular weight excluding hydrogens is 613 g/mol.